The summed E-state index contributed by atoms with van der Waals surface area (Å²) >= 11 is 5.84. The second-order valence-corrected chi connectivity index (χ2v) is 6.76. The van der Waals surface area contributed by atoms with E-state index in [1.165, 1.54) is 35.2 Å². The van der Waals surface area contributed by atoms with Crippen LogP contribution in [0, 0.1) is 5.82 Å². The summed E-state index contributed by atoms with van der Waals surface area (Å²) in [5, 5.41) is 12.9. The number of benzene rings is 2. The van der Waals surface area contributed by atoms with Crippen molar-refractivity contribution in [3.8, 4) is 0 Å². The van der Waals surface area contributed by atoms with Crippen molar-refractivity contribution in [1.82, 2.24) is 5.32 Å². The number of nitrogens with two attached hydrogens (primary N) is 1. The highest BCUT2D eigenvalue weighted by molar-refractivity contribution is 6.31. The number of nitrogens with zero attached hydrogens (tertiary/aromatic N) is 1. The van der Waals surface area contributed by atoms with Crippen molar-refractivity contribution in [1.29, 1.82) is 0 Å². The molecule has 1 aliphatic rings. The molecule has 0 radical (unpaired) electrons. The molecule has 1 atom stereocenters. The van der Waals surface area contributed by atoms with Gasteiger partial charge in [-0.05, 0) is 29.8 Å². The van der Waals surface area contributed by atoms with E-state index in [-0.39, 0.29) is 30.1 Å². The molecule has 1 saturated heterocycles. The minimum absolute atomic E-state index is 0.0751. The van der Waals surface area contributed by atoms with Gasteiger partial charge in [-0.15, -0.1) is 0 Å². The van der Waals surface area contributed by atoms with Gasteiger partial charge >= 0.3 is 0 Å². The maximum atomic E-state index is 13.5. The lowest BCUT2D eigenvalue weighted by Gasteiger charge is -2.22. The Balaban J connectivity index is 1.74. The van der Waals surface area contributed by atoms with Gasteiger partial charge in [0.15, 0.2) is 0 Å². The van der Waals surface area contributed by atoms with Crippen LogP contribution in [-0.4, -0.2) is 35.0 Å². The molecule has 3 rings (SSSR count). The van der Waals surface area contributed by atoms with Crippen LogP contribution in [0.1, 0.15) is 22.3 Å². The number of amides is 3. The molecule has 9 heteroatoms. The molecule has 0 aliphatic carbocycles. The van der Waals surface area contributed by atoms with Crippen molar-refractivity contribution in [3.05, 3.63) is 64.4 Å². The lowest BCUT2D eigenvalue weighted by atomic mass is 10.0. The molecule has 4 N–H and O–H groups in total. The summed E-state index contributed by atoms with van der Waals surface area (Å²) in [6.07, 6.45) is -0.144. The van der Waals surface area contributed by atoms with Crippen molar-refractivity contribution < 1.29 is 23.9 Å². The SMILES string of the molecule is NC(=O)c1cccc(N2CCC(O)(C(=O)NCc3cccc(F)c3Cl)C2=O)c1. The fraction of sp³-hybridized carbons (Fsp3) is 0.211. The van der Waals surface area contributed by atoms with Gasteiger partial charge in [-0.25, -0.2) is 4.39 Å². The molecule has 1 unspecified atom stereocenters. The molecule has 0 aromatic heterocycles. The zero-order valence-electron chi connectivity index (χ0n) is 14.6. The van der Waals surface area contributed by atoms with Gasteiger partial charge in [0.1, 0.15) is 5.82 Å². The summed E-state index contributed by atoms with van der Waals surface area (Å²) in [5.41, 5.74) is 3.83. The molecule has 28 heavy (non-hydrogen) atoms. The van der Waals surface area contributed by atoms with Crippen LogP contribution in [0.2, 0.25) is 5.02 Å². The van der Waals surface area contributed by atoms with Crippen LogP contribution in [0.3, 0.4) is 0 Å². The number of primary amides is 1. The van der Waals surface area contributed by atoms with E-state index >= 15 is 0 Å². The lowest BCUT2D eigenvalue weighted by Crippen LogP contribution is -2.52. The number of hydrogen-bond donors (Lipinski definition) is 3. The highest BCUT2D eigenvalue weighted by atomic mass is 35.5. The molecule has 0 saturated carbocycles. The highest BCUT2D eigenvalue weighted by Crippen LogP contribution is 2.29. The number of anilines is 1. The van der Waals surface area contributed by atoms with Gasteiger partial charge in [0.25, 0.3) is 11.8 Å². The van der Waals surface area contributed by atoms with E-state index in [4.69, 9.17) is 17.3 Å². The minimum atomic E-state index is -2.28. The Morgan fingerprint density at radius 3 is 2.71 bits per heavy atom. The molecule has 2 aromatic carbocycles. The number of carbonyl (C=O) groups excluding carboxylic acids is 3. The van der Waals surface area contributed by atoms with Gasteiger partial charge in [-0.1, -0.05) is 29.8 Å². The third-order valence-corrected chi connectivity index (χ3v) is 5.01. The van der Waals surface area contributed by atoms with Crippen LogP contribution >= 0.6 is 11.6 Å². The smallest absolute Gasteiger partial charge is 0.268 e. The summed E-state index contributed by atoms with van der Waals surface area (Å²) in [6, 6.07) is 10.2. The average Bonchev–Trinajstić information content (AvgIpc) is 2.99. The molecule has 1 fully saturated rings. The first-order chi connectivity index (χ1) is 13.2. The second-order valence-electron chi connectivity index (χ2n) is 6.38. The normalized spacial score (nSPS) is 19.0. The third-order valence-electron chi connectivity index (χ3n) is 4.59. The quantitative estimate of drug-likeness (QED) is 0.652. The van der Waals surface area contributed by atoms with Crippen LogP contribution in [0.15, 0.2) is 42.5 Å². The van der Waals surface area contributed by atoms with Crippen molar-refractivity contribution in [3.63, 3.8) is 0 Å². The van der Waals surface area contributed by atoms with E-state index in [0.717, 1.165) is 0 Å². The molecular weight excluding hydrogens is 389 g/mol. The number of rotatable bonds is 5. The van der Waals surface area contributed by atoms with Gasteiger partial charge in [0, 0.05) is 30.8 Å². The van der Waals surface area contributed by atoms with Gasteiger partial charge in [-0.2, -0.15) is 0 Å². The molecule has 146 valence electrons. The van der Waals surface area contributed by atoms with Crippen molar-refractivity contribution >= 4 is 35.0 Å². The van der Waals surface area contributed by atoms with Crippen LogP contribution < -0.4 is 16.0 Å². The second kappa shape index (κ2) is 7.57. The van der Waals surface area contributed by atoms with E-state index in [0.29, 0.717) is 11.3 Å². The summed E-state index contributed by atoms with van der Waals surface area (Å²) in [5.74, 6) is -3.03. The number of nitrogens with one attached hydrogen (secondary N) is 1. The van der Waals surface area contributed by atoms with Crippen molar-refractivity contribution in [2.45, 2.75) is 18.6 Å². The fourth-order valence-corrected chi connectivity index (χ4v) is 3.19. The van der Waals surface area contributed by atoms with Crippen molar-refractivity contribution in [2.75, 3.05) is 11.4 Å². The highest BCUT2D eigenvalue weighted by Gasteiger charge is 2.51. The lowest BCUT2D eigenvalue weighted by molar-refractivity contribution is -0.149. The summed E-state index contributed by atoms with van der Waals surface area (Å²) in [7, 11) is 0. The molecule has 0 spiro atoms. The predicted molar refractivity (Wildman–Crippen MR) is 100 cm³/mol. The summed E-state index contributed by atoms with van der Waals surface area (Å²) < 4.78 is 13.5. The van der Waals surface area contributed by atoms with E-state index in [1.807, 2.05) is 0 Å². The first-order valence-electron chi connectivity index (χ1n) is 8.39. The Morgan fingerprint density at radius 1 is 1.29 bits per heavy atom. The average molecular weight is 406 g/mol. The first-order valence-corrected chi connectivity index (χ1v) is 8.77. The Bertz CT molecular complexity index is 968. The first kappa shape index (κ1) is 19.8. The van der Waals surface area contributed by atoms with Crippen molar-refractivity contribution in [2.24, 2.45) is 5.73 Å². The Hall–Kier alpha value is -2.97. The zero-order valence-corrected chi connectivity index (χ0v) is 15.4. The standard InChI is InChI=1S/C19H17ClFN3O4/c20-15-12(4-2-6-14(15)21)10-23-17(26)19(28)7-8-24(18(19)27)13-5-1-3-11(9-13)16(22)25/h1-6,9,28H,7-8,10H2,(H2,22,25)(H,23,26). The van der Waals surface area contributed by atoms with Crippen LogP contribution in [-0.2, 0) is 16.1 Å². The van der Waals surface area contributed by atoms with E-state index in [2.05, 4.69) is 5.32 Å². The summed E-state index contributed by atoms with van der Waals surface area (Å²) in [6.45, 7) is -0.0755. The molecule has 1 aliphatic heterocycles. The molecular formula is C19H17ClFN3O4. The van der Waals surface area contributed by atoms with E-state index in [1.54, 1.807) is 12.1 Å². The number of carbonyl (C=O) groups is 3. The van der Waals surface area contributed by atoms with Crippen LogP contribution in [0.5, 0.6) is 0 Å². The minimum Gasteiger partial charge on any atom is -0.372 e. The predicted octanol–water partition coefficient (Wildman–Crippen LogP) is 1.36. The van der Waals surface area contributed by atoms with Crippen LogP contribution in [0.25, 0.3) is 0 Å². The van der Waals surface area contributed by atoms with Gasteiger partial charge in [0.05, 0.1) is 5.02 Å². The largest absolute Gasteiger partial charge is 0.372 e. The topological polar surface area (TPSA) is 113 Å². The number of hydrogen-bond acceptors (Lipinski definition) is 4. The Morgan fingerprint density at radius 2 is 2.00 bits per heavy atom. The molecule has 3 amide bonds. The maximum absolute atomic E-state index is 13.5. The monoisotopic (exact) mass is 405 g/mol. The maximum Gasteiger partial charge on any atom is 0.268 e. The fourth-order valence-electron chi connectivity index (χ4n) is 3.00. The Labute approximate surface area is 164 Å². The van der Waals surface area contributed by atoms with Gasteiger partial charge < -0.3 is 21.1 Å². The van der Waals surface area contributed by atoms with E-state index < -0.39 is 29.1 Å². The third kappa shape index (κ3) is 3.56. The number of aliphatic hydroxyl groups is 1. The zero-order chi connectivity index (χ0) is 20.5. The molecule has 1 heterocycles. The van der Waals surface area contributed by atoms with Gasteiger partial charge in [0.2, 0.25) is 11.5 Å². The molecule has 2 aromatic rings. The van der Waals surface area contributed by atoms with E-state index in [9.17, 15) is 23.9 Å². The summed E-state index contributed by atoms with van der Waals surface area (Å²) in [4.78, 5) is 37.7. The molecule has 7 nitrogen and oxygen atoms in total. The van der Waals surface area contributed by atoms with Gasteiger partial charge in [-0.3, -0.25) is 14.4 Å². The Kier molecular flexibility index (Phi) is 5.35. The van der Waals surface area contributed by atoms with Crippen LogP contribution in [0.4, 0.5) is 10.1 Å². The number of halogens is 2. The molecule has 0 bridgehead atoms.